The Labute approximate surface area is 145 Å². The second kappa shape index (κ2) is 6.97. The highest BCUT2D eigenvalue weighted by atomic mass is 35.5. The zero-order chi connectivity index (χ0) is 16.4. The van der Waals surface area contributed by atoms with Crippen molar-refractivity contribution in [1.29, 1.82) is 0 Å². The van der Waals surface area contributed by atoms with Crippen LogP contribution in [0.4, 0.5) is 10.5 Å². The van der Waals surface area contributed by atoms with Gasteiger partial charge in [-0.2, -0.15) is 0 Å². The molecule has 1 saturated heterocycles. The van der Waals surface area contributed by atoms with Crippen LogP contribution in [-0.4, -0.2) is 36.0 Å². The quantitative estimate of drug-likeness (QED) is 0.871. The lowest BCUT2D eigenvalue weighted by molar-refractivity contribution is -0.126. The largest absolute Gasteiger partial charge is 0.353 e. The van der Waals surface area contributed by atoms with E-state index in [1.165, 1.54) is 0 Å². The number of rotatable bonds is 3. The molecule has 1 aromatic rings. The summed E-state index contributed by atoms with van der Waals surface area (Å²) in [4.78, 5) is 26.2. The Kier molecular flexibility index (Phi) is 4.97. The minimum atomic E-state index is -0.215. The van der Waals surface area contributed by atoms with E-state index in [1.807, 2.05) is 0 Å². The summed E-state index contributed by atoms with van der Waals surface area (Å²) in [6, 6.07) is 5.09. The molecule has 2 aliphatic rings. The number of piperidine rings is 1. The zero-order valence-electron chi connectivity index (χ0n) is 12.6. The summed E-state index contributed by atoms with van der Waals surface area (Å²) in [5.74, 6) is -0.0524. The molecule has 0 spiro atoms. The standard InChI is InChI=1S/C16H19Cl2N3O2/c17-13-6-5-12(8-14(13)18)20-16(23)21-7-1-2-10(9-21)15(22)19-11-3-4-11/h5-6,8,10-11H,1-4,7,9H2,(H,19,22)(H,20,23). The van der Waals surface area contributed by atoms with Crippen LogP contribution in [0.2, 0.25) is 10.0 Å². The molecule has 0 bridgehead atoms. The van der Waals surface area contributed by atoms with Gasteiger partial charge in [0, 0.05) is 24.8 Å². The van der Waals surface area contributed by atoms with E-state index in [-0.39, 0.29) is 17.9 Å². The first-order valence-electron chi connectivity index (χ1n) is 7.84. The van der Waals surface area contributed by atoms with Crippen LogP contribution in [0, 0.1) is 5.92 Å². The highest BCUT2D eigenvalue weighted by Crippen LogP contribution is 2.26. The van der Waals surface area contributed by atoms with Gasteiger partial charge in [0.25, 0.3) is 0 Å². The number of nitrogens with zero attached hydrogens (tertiary/aromatic N) is 1. The van der Waals surface area contributed by atoms with E-state index in [0.29, 0.717) is 34.9 Å². The maximum absolute atomic E-state index is 12.4. The van der Waals surface area contributed by atoms with E-state index in [4.69, 9.17) is 23.2 Å². The van der Waals surface area contributed by atoms with Crippen LogP contribution in [0.1, 0.15) is 25.7 Å². The molecule has 2 N–H and O–H groups in total. The molecule has 1 aliphatic carbocycles. The summed E-state index contributed by atoms with van der Waals surface area (Å²) >= 11 is 11.8. The van der Waals surface area contributed by atoms with Crippen LogP contribution in [0.25, 0.3) is 0 Å². The van der Waals surface area contributed by atoms with E-state index in [1.54, 1.807) is 23.1 Å². The molecule has 1 heterocycles. The third-order valence-corrected chi connectivity index (χ3v) is 4.91. The Morgan fingerprint density at radius 1 is 1.13 bits per heavy atom. The second-order valence-corrected chi connectivity index (χ2v) is 6.94. The molecule has 1 unspecified atom stereocenters. The number of halogens is 2. The molecule has 1 atom stereocenters. The first-order valence-corrected chi connectivity index (χ1v) is 8.60. The minimum Gasteiger partial charge on any atom is -0.353 e. The van der Waals surface area contributed by atoms with Gasteiger partial charge < -0.3 is 15.5 Å². The van der Waals surface area contributed by atoms with Crippen molar-refractivity contribution in [2.45, 2.75) is 31.7 Å². The van der Waals surface area contributed by atoms with E-state index < -0.39 is 0 Å². The molecule has 1 aliphatic heterocycles. The third-order valence-electron chi connectivity index (χ3n) is 4.17. The summed E-state index contributed by atoms with van der Waals surface area (Å²) in [5, 5.41) is 6.66. The maximum atomic E-state index is 12.4. The third kappa shape index (κ3) is 4.30. The van der Waals surface area contributed by atoms with Crippen molar-refractivity contribution in [3.8, 4) is 0 Å². The summed E-state index contributed by atoms with van der Waals surface area (Å²) in [7, 11) is 0. The van der Waals surface area contributed by atoms with Gasteiger partial charge in [-0.25, -0.2) is 4.79 Å². The number of benzene rings is 1. The fourth-order valence-corrected chi connectivity index (χ4v) is 3.00. The molecule has 0 aromatic heterocycles. The van der Waals surface area contributed by atoms with Gasteiger partial charge in [-0.15, -0.1) is 0 Å². The fraction of sp³-hybridized carbons (Fsp3) is 0.500. The average molecular weight is 356 g/mol. The van der Waals surface area contributed by atoms with Gasteiger partial charge in [0.1, 0.15) is 0 Å². The van der Waals surface area contributed by atoms with Crippen LogP contribution < -0.4 is 10.6 Å². The topological polar surface area (TPSA) is 61.4 Å². The van der Waals surface area contributed by atoms with Gasteiger partial charge in [0.15, 0.2) is 0 Å². The summed E-state index contributed by atoms with van der Waals surface area (Å²) < 4.78 is 0. The molecule has 3 amide bonds. The predicted octanol–water partition coefficient (Wildman–Crippen LogP) is 3.52. The molecule has 1 saturated carbocycles. The van der Waals surface area contributed by atoms with Crippen LogP contribution in [0.3, 0.4) is 0 Å². The lowest BCUT2D eigenvalue weighted by Crippen LogP contribution is -2.47. The molecular formula is C16H19Cl2N3O2. The molecule has 7 heteroatoms. The molecule has 23 heavy (non-hydrogen) atoms. The maximum Gasteiger partial charge on any atom is 0.321 e. The average Bonchev–Trinajstić information content (AvgIpc) is 3.35. The van der Waals surface area contributed by atoms with Crippen molar-refractivity contribution in [1.82, 2.24) is 10.2 Å². The van der Waals surface area contributed by atoms with Gasteiger partial charge in [-0.1, -0.05) is 23.2 Å². The highest BCUT2D eigenvalue weighted by Gasteiger charge is 2.31. The fourth-order valence-electron chi connectivity index (χ4n) is 2.70. The highest BCUT2D eigenvalue weighted by molar-refractivity contribution is 6.42. The Hall–Kier alpha value is -1.46. The zero-order valence-corrected chi connectivity index (χ0v) is 14.2. The Bertz CT molecular complexity index is 619. The lowest BCUT2D eigenvalue weighted by Gasteiger charge is -2.32. The number of urea groups is 1. The van der Waals surface area contributed by atoms with Gasteiger partial charge >= 0.3 is 6.03 Å². The van der Waals surface area contributed by atoms with Crippen LogP contribution >= 0.6 is 23.2 Å². The Morgan fingerprint density at radius 2 is 1.91 bits per heavy atom. The Morgan fingerprint density at radius 3 is 2.61 bits per heavy atom. The van der Waals surface area contributed by atoms with Gasteiger partial charge in [-0.3, -0.25) is 4.79 Å². The van der Waals surface area contributed by atoms with Gasteiger partial charge in [-0.05, 0) is 43.9 Å². The summed E-state index contributed by atoms with van der Waals surface area (Å²) in [5.41, 5.74) is 0.592. The minimum absolute atomic E-state index is 0.0690. The van der Waals surface area contributed by atoms with Crippen molar-refractivity contribution in [2.75, 3.05) is 18.4 Å². The molecule has 0 radical (unpaired) electrons. The van der Waals surface area contributed by atoms with Crippen molar-refractivity contribution in [2.24, 2.45) is 5.92 Å². The number of hydrogen-bond donors (Lipinski definition) is 2. The molecule has 2 fully saturated rings. The monoisotopic (exact) mass is 355 g/mol. The second-order valence-electron chi connectivity index (χ2n) is 6.13. The molecule has 3 rings (SSSR count). The normalized spacial score (nSPS) is 21.0. The van der Waals surface area contributed by atoms with E-state index >= 15 is 0 Å². The number of nitrogens with one attached hydrogen (secondary N) is 2. The predicted molar refractivity (Wildman–Crippen MR) is 90.9 cm³/mol. The van der Waals surface area contributed by atoms with Crippen molar-refractivity contribution >= 4 is 40.8 Å². The van der Waals surface area contributed by atoms with E-state index in [0.717, 1.165) is 25.7 Å². The molecule has 124 valence electrons. The first-order chi connectivity index (χ1) is 11.0. The SMILES string of the molecule is O=C(NC1CC1)C1CCCN(C(=O)Nc2ccc(Cl)c(Cl)c2)C1. The van der Waals surface area contributed by atoms with Crippen molar-refractivity contribution < 1.29 is 9.59 Å². The number of likely N-dealkylation sites (tertiary alicyclic amines) is 1. The van der Waals surface area contributed by atoms with E-state index in [9.17, 15) is 9.59 Å². The van der Waals surface area contributed by atoms with Gasteiger partial charge in [0.05, 0.1) is 16.0 Å². The number of carbonyl (C=O) groups is 2. The molecule has 5 nitrogen and oxygen atoms in total. The number of carbonyl (C=O) groups excluding carboxylic acids is 2. The van der Waals surface area contributed by atoms with Crippen molar-refractivity contribution in [3.63, 3.8) is 0 Å². The number of amides is 3. The number of anilines is 1. The first kappa shape index (κ1) is 16.4. The molecule has 1 aromatic carbocycles. The molecular weight excluding hydrogens is 337 g/mol. The summed E-state index contributed by atoms with van der Waals surface area (Å²) in [6.07, 6.45) is 3.80. The lowest BCUT2D eigenvalue weighted by atomic mass is 9.97. The Balaban J connectivity index is 1.57. The van der Waals surface area contributed by atoms with E-state index in [2.05, 4.69) is 10.6 Å². The number of hydrogen-bond acceptors (Lipinski definition) is 2. The van der Waals surface area contributed by atoms with Crippen LogP contribution in [0.5, 0.6) is 0 Å². The summed E-state index contributed by atoms with van der Waals surface area (Å²) in [6.45, 7) is 1.10. The van der Waals surface area contributed by atoms with Crippen LogP contribution in [0.15, 0.2) is 18.2 Å². The smallest absolute Gasteiger partial charge is 0.321 e. The van der Waals surface area contributed by atoms with Gasteiger partial charge in [0.2, 0.25) is 5.91 Å². The van der Waals surface area contributed by atoms with Crippen molar-refractivity contribution in [3.05, 3.63) is 28.2 Å². The van der Waals surface area contributed by atoms with Crippen LogP contribution in [-0.2, 0) is 4.79 Å².